The molecule has 1 aromatic heterocycles. The van der Waals surface area contributed by atoms with Gasteiger partial charge < -0.3 is 15.7 Å². The van der Waals surface area contributed by atoms with Crippen molar-refractivity contribution in [2.24, 2.45) is 5.41 Å². The number of anilines is 2. The summed E-state index contributed by atoms with van der Waals surface area (Å²) in [6.07, 6.45) is 4.42. The van der Waals surface area contributed by atoms with Crippen molar-refractivity contribution in [2.75, 3.05) is 30.3 Å². The van der Waals surface area contributed by atoms with Gasteiger partial charge in [-0.1, -0.05) is 13.8 Å². The van der Waals surface area contributed by atoms with Crippen LogP contribution in [0.4, 0.5) is 11.4 Å². The number of aliphatic hydroxyl groups excluding tert-OH is 1. The summed E-state index contributed by atoms with van der Waals surface area (Å²) in [5.74, 6) is 0. The molecule has 1 rings (SSSR count). The first-order valence-electron chi connectivity index (χ1n) is 6.11. The van der Waals surface area contributed by atoms with Crippen molar-refractivity contribution in [3.8, 4) is 0 Å². The molecule has 0 atom stereocenters. The Labute approximate surface area is 103 Å². The van der Waals surface area contributed by atoms with Crippen LogP contribution >= 0.6 is 0 Å². The molecule has 1 heterocycles. The molecule has 0 aliphatic heterocycles. The molecule has 0 spiro atoms. The minimum atomic E-state index is 0.0862. The van der Waals surface area contributed by atoms with E-state index in [1.54, 1.807) is 0 Å². The lowest BCUT2D eigenvalue weighted by molar-refractivity contribution is 0.220. The highest BCUT2D eigenvalue weighted by atomic mass is 16.3. The minimum absolute atomic E-state index is 0.0862. The number of nitrogens with one attached hydrogen (secondary N) is 2. The zero-order valence-corrected chi connectivity index (χ0v) is 11.0. The highest BCUT2D eigenvalue weighted by Crippen LogP contribution is 2.21. The predicted octanol–water partition coefficient (Wildman–Crippen LogP) is 2.33. The first-order chi connectivity index (χ1) is 8.07. The summed E-state index contributed by atoms with van der Waals surface area (Å²) in [5, 5.41) is 15.5. The molecule has 0 aromatic carbocycles. The Bertz CT molecular complexity index is 339. The SMILES string of the molecule is CCNc1cncc(NCC(C)(C)CCO)c1. The van der Waals surface area contributed by atoms with Gasteiger partial charge in [-0.3, -0.25) is 4.98 Å². The smallest absolute Gasteiger partial charge is 0.0547 e. The molecule has 0 fully saturated rings. The Morgan fingerprint density at radius 1 is 1.24 bits per heavy atom. The van der Waals surface area contributed by atoms with Crippen LogP contribution in [-0.2, 0) is 0 Å². The minimum Gasteiger partial charge on any atom is -0.396 e. The average molecular weight is 237 g/mol. The third-order valence-corrected chi connectivity index (χ3v) is 2.68. The molecule has 96 valence electrons. The molecule has 0 bridgehead atoms. The van der Waals surface area contributed by atoms with Crippen molar-refractivity contribution in [3.05, 3.63) is 18.5 Å². The molecule has 0 unspecified atom stereocenters. The van der Waals surface area contributed by atoms with Gasteiger partial charge in [0.15, 0.2) is 0 Å². The zero-order chi connectivity index (χ0) is 12.7. The molecule has 4 nitrogen and oxygen atoms in total. The molecular weight excluding hydrogens is 214 g/mol. The van der Waals surface area contributed by atoms with Gasteiger partial charge in [-0.15, -0.1) is 0 Å². The summed E-state index contributed by atoms with van der Waals surface area (Å²) < 4.78 is 0. The van der Waals surface area contributed by atoms with Gasteiger partial charge >= 0.3 is 0 Å². The van der Waals surface area contributed by atoms with E-state index < -0.39 is 0 Å². The number of hydrogen-bond acceptors (Lipinski definition) is 4. The number of aliphatic hydroxyl groups is 1. The first kappa shape index (κ1) is 13.8. The van der Waals surface area contributed by atoms with Crippen LogP contribution in [0.3, 0.4) is 0 Å². The molecule has 1 aromatic rings. The van der Waals surface area contributed by atoms with Gasteiger partial charge in [-0.25, -0.2) is 0 Å². The lowest BCUT2D eigenvalue weighted by atomic mass is 9.90. The summed E-state index contributed by atoms with van der Waals surface area (Å²) in [7, 11) is 0. The standard InChI is InChI=1S/C13H23N3O/c1-4-15-11-7-12(9-14-8-11)16-10-13(2,3)5-6-17/h7-9,15-17H,4-6,10H2,1-3H3. The summed E-state index contributed by atoms with van der Waals surface area (Å²) in [4.78, 5) is 4.18. The van der Waals surface area contributed by atoms with Gasteiger partial charge in [-0.2, -0.15) is 0 Å². The average Bonchev–Trinajstić information content (AvgIpc) is 2.28. The molecule has 0 aliphatic rings. The van der Waals surface area contributed by atoms with E-state index in [1.165, 1.54) is 0 Å². The lowest BCUT2D eigenvalue weighted by Gasteiger charge is -2.24. The molecule has 0 saturated carbocycles. The molecule has 3 N–H and O–H groups in total. The normalized spacial score (nSPS) is 11.3. The second-order valence-electron chi connectivity index (χ2n) is 4.98. The Morgan fingerprint density at radius 3 is 2.47 bits per heavy atom. The van der Waals surface area contributed by atoms with E-state index in [1.807, 2.05) is 18.5 Å². The van der Waals surface area contributed by atoms with Gasteiger partial charge in [-0.05, 0) is 24.8 Å². The maximum absolute atomic E-state index is 8.96. The highest BCUT2D eigenvalue weighted by molar-refractivity contribution is 5.53. The molecule has 0 saturated heterocycles. The summed E-state index contributed by atoms with van der Waals surface area (Å²) in [5.41, 5.74) is 2.12. The van der Waals surface area contributed by atoms with Crippen LogP contribution in [0.2, 0.25) is 0 Å². The summed E-state index contributed by atoms with van der Waals surface area (Å²) >= 11 is 0. The number of pyridine rings is 1. The summed E-state index contributed by atoms with van der Waals surface area (Å²) in [6.45, 7) is 8.27. The zero-order valence-electron chi connectivity index (χ0n) is 11.0. The summed E-state index contributed by atoms with van der Waals surface area (Å²) in [6, 6.07) is 2.05. The van der Waals surface area contributed by atoms with Crippen LogP contribution in [0.25, 0.3) is 0 Å². The predicted molar refractivity (Wildman–Crippen MR) is 72.4 cm³/mol. The van der Waals surface area contributed by atoms with E-state index in [4.69, 9.17) is 5.11 Å². The largest absolute Gasteiger partial charge is 0.396 e. The highest BCUT2D eigenvalue weighted by Gasteiger charge is 2.16. The maximum atomic E-state index is 8.96. The van der Waals surface area contributed by atoms with Crippen LogP contribution in [0.5, 0.6) is 0 Å². The van der Waals surface area contributed by atoms with Gasteiger partial charge in [0.1, 0.15) is 0 Å². The number of rotatable bonds is 7. The van der Waals surface area contributed by atoms with Crippen molar-refractivity contribution >= 4 is 11.4 Å². The van der Waals surface area contributed by atoms with Gasteiger partial charge in [0.05, 0.1) is 23.8 Å². The third kappa shape index (κ3) is 5.04. The van der Waals surface area contributed by atoms with Gasteiger partial charge in [0, 0.05) is 19.7 Å². The maximum Gasteiger partial charge on any atom is 0.0547 e. The first-order valence-corrected chi connectivity index (χ1v) is 6.11. The van der Waals surface area contributed by atoms with E-state index in [0.29, 0.717) is 0 Å². The van der Waals surface area contributed by atoms with E-state index in [9.17, 15) is 0 Å². The monoisotopic (exact) mass is 237 g/mol. The van der Waals surface area contributed by atoms with Crippen LogP contribution in [0, 0.1) is 5.41 Å². The van der Waals surface area contributed by atoms with Gasteiger partial charge in [0.25, 0.3) is 0 Å². The van der Waals surface area contributed by atoms with Crippen LogP contribution < -0.4 is 10.6 Å². The van der Waals surface area contributed by atoms with Crippen LogP contribution in [0.1, 0.15) is 27.2 Å². The fourth-order valence-electron chi connectivity index (χ4n) is 1.57. The number of aromatic nitrogens is 1. The van der Waals surface area contributed by atoms with Crippen molar-refractivity contribution in [1.29, 1.82) is 0 Å². The lowest BCUT2D eigenvalue weighted by Crippen LogP contribution is -2.24. The Hall–Kier alpha value is -1.29. The van der Waals surface area contributed by atoms with E-state index in [-0.39, 0.29) is 12.0 Å². The van der Waals surface area contributed by atoms with Crippen LogP contribution in [-0.4, -0.2) is 29.8 Å². The van der Waals surface area contributed by atoms with Crippen molar-refractivity contribution in [3.63, 3.8) is 0 Å². The molecule has 4 heteroatoms. The van der Waals surface area contributed by atoms with E-state index >= 15 is 0 Å². The fraction of sp³-hybridized carbons (Fsp3) is 0.615. The number of nitrogens with zero attached hydrogens (tertiary/aromatic N) is 1. The Kier molecular flexibility index (Phi) is 5.22. The third-order valence-electron chi connectivity index (χ3n) is 2.68. The van der Waals surface area contributed by atoms with Crippen LogP contribution in [0.15, 0.2) is 18.5 Å². The Balaban J connectivity index is 2.53. The van der Waals surface area contributed by atoms with Gasteiger partial charge in [0.2, 0.25) is 0 Å². The second-order valence-corrected chi connectivity index (χ2v) is 4.98. The molecule has 17 heavy (non-hydrogen) atoms. The Morgan fingerprint density at radius 2 is 1.88 bits per heavy atom. The molecular formula is C13H23N3O. The fourth-order valence-corrected chi connectivity index (χ4v) is 1.57. The van der Waals surface area contributed by atoms with Crippen molar-refractivity contribution in [1.82, 2.24) is 4.98 Å². The van der Waals surface area contributed by atoms with E-state index in [0.717, 1.165) is 30.9 Å². The second kappa shape index (κ2) is 6.45. The number of hydrogen-bond donors (Lipinski definition) is 3. The molecule has 0 aliphatic carbocycles. The quantitative estimate of drug-likeness (QED) is 0.681. The molecule has 0 radical (unpaired) electrons. The topological polar surface area (TPSA) is 57.2 Å². The molecule has 0 amide bonds. The van der Waals surface area contributed by atoms with Crippen molar-refractivity contribution in [2.45, 2.75) is 27.2 Å². The van der Waals surface area contributed by atoms with E-state index in [2.05, 4.69) is 36.4 Å². The van der Waals surface area contributed by atoms with Crippen molar-refractivity contribution < 1.29 is 5.11 Å².